The van der Waals surface area contributed by atoms with Gasteiger partial charge < -0.3 is 49.3 Å². The molecule has 15 aromatic heterocycles. The third-order valence-corrected chi connectivity index (χ3v) is 21.0. The minimum Gasteiger partial charge on any atom is -0.485 e. The van der Waals surface area contributed by atoms with E-state index in [1.165, 1.54) is 6.20 Å². The first-order valence-electron chi connectivity index (χ1n) is 43.4. The van der Waals surface area contributed by atoms with Crippen molar-refractivity contribution in [2.24, 2.45) is 0 Å². The van der Waals surface area contributed by atoms with Crippen molar-refractivity contribution in [3.63, 3.8) is 0 Å². The van der Waals surface area contributed by atoms with Crippen molar-refractivity contribution in [2.45, 2.75) is 83.0 Å². The summed E-state index contributed by atoms with van der Waals surface area (Å²) < 4.78 is 42.6. The molecule has 40 nitrogen and oxygen atoms in total. The molecule has 17 heterocycles. The number of nitrogens with two attached hydrogens (primary N) is 1. The van der Waals surface area contributed by atoms with E-state index in [-0.39, 0.29) is 93.8 Å². The lowest BCUT2D eigenvalue weighted by molar-refractivity contribution is 0.0564. The molecule has 20 aromatic rings. The summed E-state index contributed by atoms with van der Waals surface area (Å²) >= 11 is 0. The fraction of sp³-hybridized carbons (Fsp3) is 0.186. The number of benzene rings is 5. The highest BCUT2D eigenvalue weighted by Crippen LogP contribution is 2.27. The summed E-state index contributed by atoms with van der Waals surface area (Å²) in [5.74, 6) is 6.93. The van der Waals surface area contributed by atoms with Gasteiger partial charge in [0.05, 0.1) is 41.7 Å². The van der Waals surface area contributed by atoms with Crippen molar-refractivity contribution < 1.29 is 42.8 Å². The zero-order chi connectivity index (χ0) is 93.3. The Balaban J connectivity index is 0.000000149. The van der Waals surface area contributed by atoms with E-state index >= 15 is 0 Å². The molecular weight excluding hydrogens is 1800 g/mol. The maximum Gasteiger partial charge on any atom is 0.323 e. The maximum atomic E-state index is 12.4. The molecule has 5 aromatic carbocycles. The molecule has 2 aliphatic rings. The molecular formula is C102H105N31O9. The molecule has 0 unspecified atom stereocenters. The second-order valence-electron chi connectivity index (χ2n) is 30.3. The molecule has 722 valence electrons. The number of carbonyl (C=O) groups excluding carboxylic acids is 3. The average molecular weight is 1910 g/mol. The van der Waals surface area contributed by atoms with Crippen LogP contribution in [-0.2, 0) is 37.8 Å². The van der Waals surface area contributed by atoms with E-state index in [9.17, 15) is 14.4 Å². The number of fused-ring (bicyclic) bond motifs is 5. The van der Waals surface area contributed by atoms with E-state index in [0.29, 0.717) is 124 Å². The van der Waals surface area contributed by atoms with Crippen LogP contribution in [0.5, 0.6) is 28.7 Å². The van der Waals surface area contributed by atoms with Gasteiger partial charge in [-0.1, -0.05) is 189 Å². The molecule has 0 spiro atoms. The predicted octanol–water partition coefficient (Wildman–Crippen LogP) is 16.4. The number of nitrogen functional groups attached to an aromatic ring is 1. The Hall–Kier alpha value is -18.6. The summed E-state index contributed by atoms with van der Waals surface area (Å²) in [6.45, 7) is 4.76. The Morgan fingerprint density at radius 2 is 0.599 bits per heavy atom. The first-order chi connectivity index (χ1) is 67.5. The van der Waals surface area contributed by atoms with Crippen molar-refractivity contribution >= 4 is 63.7 Å². The van der Waals surface area contributed by atoms with E-state index in [1.807, 2.05) is 212 Å². The highest BCUT2D eigenvalue weighted by atomic mass is 16.5. The number of hydrogen-bond acceptors (Lipinski definition) is 30. The van der Waals surface area contributed by atoms with Crippen LogP contribution in [0.2, 0.25) is 0 Å². The Labute approximate surface area is 817 Å². The normalized spacial score (nSPS) is 11.7. The van der Waals surface area contributed by atoms with Crippen molar-refractivity contribution in [3.05, 3.63) is 345 Å². The van der Waals surface area contributed by atoms with Crippen LogP contribution in [0.3, 0.4) is 0 Å². The number of carbonyl (C=O) groups is 3. The molecule has 5 N–H and O–H groups in total. The van der Waals surface area contributed by atoms with Crippen LogP contribution in [-0.4, -0.2) is 198 Å². The minimum atomic E-state index is -0.275. The van der Waals surface area contributed by atoms with Gasteiger partial charge in [0.15, 0.2) is 57.4 Å². The fourth-order valence-corrected chi connectivity index (χ4v) is 14.1. The van der Waals surface area contributed by atoms with Crippen LogP contribution in [0.15, 0.2) is 310 Å². The number of ether oxygens (including phenoxy) is 6. The Bertz CT molecular complexity index is 7470. The molecule has 2 saturated heterocycles. The van der Waals surface area contributed by atoms with Gasteiger partial charge in [-0.05, 0) is 110 Å². The molecule has 22 rings (SSSR count). The summed E-state index contributed by atoms with van der Waals surface area (Å²) in [5, 5.41) is 72.8. The number of pyridine rings is 5. The number of aromatic nitrogens is 25. The zero-order valence-electron chi connectivity index (χ0n) is 73.5. The van der Waals surface area contributed by atoms with Gasteiger partial charge in [0.1, 0.15) is 84.9 Å². The summed E-state index contributed by atoms with van der Waals surface area (Å²) in [6.07, 6.45) is 11.7. The van der Waals surface area contributed by atoms with E-state index in [1.54, 1.807) is 131 Å². The van der Waals surface area contributed by atoms with E-state index in [2.05, 4.69) is 117 Å². The molecule has 0 atom stereocenters. The molecule has 142 heavy (non-hydrogen) atoms. The first-order valence-corrected chi connectivity index (χ1v) is 43.4. The molecule has 2 fully saturated rings. The number of amides is 5. The van der Waals surface area contributed by atoms with Gasteiger partial charge in [-0.15, -0.1) is 51.0 Å². The van der Waals surface area contributed by atoms with Gasteiger partial charge in [-0.3, -0.25) is 25.4 Å². The van der Waals surface area contributed by atoms with Gasteiger partial charge in [-0.25, -0.2) is 24.5 Å². The van der Waals surface area contributed by atoms with Crippen molar-refractivity contribution in [3.8, 4) is 85.0 Å². The number of nitrogens with one attached hydrogen (secondary N) is 3. The quantitative estimate of drug-likeness (QED) is 0.0462. The van der Waals surface area contributed by atoms with Crippen LogP contribution in [0.4, 0.5) is 27.0 Å². The SMILES string of the molecule is C.C.C.C.C.CNC(=O)c1cc(OCc2nnc3ccc(-c4ccccc4)nn23)ccn1.Nc1cc(OCc2nnc3ccc(-c4ccccc4)nn23)ccn1.O=C(Nc1cc(OCc2nnc3ccc(-c4ccccc4)nn23)ccn1)N1CCCC1.O=C(Nc1cc(OCc2nnc3ccc(-c4ccccc4)nn23)ccn1)N1CCOCC1.c1ccc(-c2ccc3nnc(COc4ccncc4)n3n2)cc1. The monoisotopic (exact) mass is 1910 g/mol. The standard InChI is InChI=1S/C22H21N7O3.C22H21N7O2.C19H16N6O2.C17H14N6O.C17H13N5O.5CH4/c30-22(28-10-12-31-13-11-28)24-19-14-17(8-9-23-19)32-15-21-26-25-20-7-6-18(27-29(20)21)16-4-2-1-3-5-16;30-22(28-12-4-5-13-28)24-19-14-17(10-11-23-19)31-15-21-26-25-20-9-8-18(27-29(20)21)16-6-2-1-3-7-16;1-20-19(26)16-11-14(9-10-21-16)27-12-18-23-22-17-8-7-15(24-25(17)18)13-5-3-2-4-6-13;18-15-10-13(8-9-19-15)24-11-17-21-20-16-7-6-14(22-23(16)17)12-4-2-1-3-5-12;1-2-4-13(5-3-1)15-6-7-16-19-20-17(22(16)21-15)12-23-14-8-10-18-11-9-14;;;;;/h1-9,14H,10-13,15H2,(H,23,24,30);1-3,6-11,14H,4-5,12-13,15H2,(H,23,24,30);2-11H,12H2,1H3,(H,20,26);1-10H,11H2,(H2,18,19);1-11H,12H2;5*1H4. The smallest absolute Gasteiger partial charge is 0.323 e. The van der Waals surface area contributed by atoms with Crippen LogP contribution in [0, 0.1) is 0 Å². The molecule has 0 radical (unpaired) electrons. The van der Waals surface area contributed by atoms with Crippen LogP contribution in [0.1, 0.15) is 89.6 Å². The van der Waals surface area contributed by atoms with E-state index in [0.717, 1.165) is 88.0 Å². The van der Waals surface area contributed by atoms with E-state index in [4.69, 9.17) is 34.2 Å². The predicted molar refractivity (Wildman–Crippen MR) is 537 cm³/mol. The minimum absolute atomic E-state index is 0. The highest BCUT2D eigenvalue weighted by molar-refractivity contribution is 5.92. The lowest BCUT2D eigenvalue weighted by atomic mass is 10.1. The molecule has 2 aliphatic heterocycles. The Morgan fingerprint density at radius 3 is 0.915 bits per heavy atom. The van der Waals surface area contributed by atoms with Crippen molar-refractivity contribution in [1.29, 1.82) is 0 Å². The van der Waals surface area contributed by atoms with Gasteiger partial charge in [0, 0.05) is 122 Å². The third kappa shape index (κ3) is 25.7. The van der Waals surface area contributed by atoms with Gasteiger partial charge in [-0.2, -0.15) is 48.1 Å². The molecule has 0 saturated carbocycles. The summed E-state index contributed by atoms with van der Waals surface area (Å²) in [7, 11) is 1.55. The fourth-order valence-electron chi connectivity index (χ4n) is 14.1. The maximum absolute atomic E-state index is 12.4. The number of rotatable bonds is 23. The number of hydrogen-bond donors (Lipinski definition) is 4. The van der Waals surface area contributed by atoms with Crippen molar-refractivity contribution in [2.75, 3.05) is 62.8 Å². The van der Waals surface area contributed by atoms with Crippen LogP contribution >= 0.6 is 0 Å². The topological polar surface area (TPSA) is 455 Å². The first kappa shape index (κ1) is 101. The lowest BCUT2D eigenvalue weighted by Gasteiger charge is -2.26. The summed E-state index contributed by atoms with van der Waals surface area (Å²) in [5.41, 5.74) is 18.5. The van der Waals surface area contributed by atoms with Crippen molar-refractivity contribution in [1.82, 2.24) is 139 Å². The number of morpholine rings is 1. The second-order valence-corrected chi connectivity index (χ2v) is 30.3. The third-order valence-electron chi connectivity index (χ3n) is 21.0. The zero-order valence-corrected chi connectivity index (χ0v) is 73.5. The second kappa shape index (κ2) is 49.2. The number of nitrogens with zero attached hydrogens (tertiary/aromatic N) is 27. The summed E-state index contributed by atoms with van der Waals surface area (Å²) in [6, 6.07) is 85.3. The van der Waals surface area contributed by atoms with E-state index < -0.39 is 0 Å². The highest BCUT2D eigenvalue weighted by Gasteiger charge is 2.23. The van der Waals surface area contributed by atoms with Crippen LogP contribution in [0.25, 0.3) is 84.5 Å². The van der Waals surface area contributed by atoms with Crippen LogP contribution < -0.4 is 45.4 Å². The molecule has 0 aliphatic carbocycles. The number of urea groups is 2. The van der Waals surface area contributed by atoms with Gasteiger partial charge in [0.25, 0.3) is 5.91 Å². The molecule has 40 heteroatoms. The Morgan fingerprint density at radius 1 is 0.317 bits per heavy atom. The molecule has 0 bridgehead atoms. The Kier molecular flexibility index (Phi) is 34.9. The van der Waals surface area contributed by atoms with Gasteiger partial charge >= 0.3 is 12.1 Å². The summed E-state index contributed by atoms with van der Waals surface area (Å²) in [4.78, 5) is 60.1. The average Bonchev–Trinajstić information content (AvgIpc) is 1.68. The number of likely N-dealkylation sites (tertiary alicyclic amines) is 1. The largest absolute Gasteiger partial charge is 0.485 e. The lowest BCUT2D eigenvalue weighted by Crippen LogP contribution is -2.43. The number of anilines is 3. The van der Waals surface area contributed by atoms with Gasteiger partial charge in [0.2, 0.25) is 0 Å². The molecule has 5 amide bonds.